The molecule has 0 spiro atoms. The first kappa shape index (κ1) is 14.7. The van der Waals surface area contributed by atoms with E-state index in [4.69, 9.17) is 4.42 Å². The minimum Gasteiger partial charge on any atom is -0.440 e. The Kier molecular flexibility index (Phi) is 3.83. The molecule has 2 aliphatic rings. The lowest BCUT2D eigenvalue weighted by Crippen LogP contribution is -2.35. The van der Waals surface area contributed by atoms with Gasteiger partial charge >= 0.3 is 0 Å². The second-order valence-corrected chi connectivity index (χ2v) is 7.13. The van der Waals surface area contributed by atoms with Crippen LogP contribution in [0.3, 0.4) is 0 Å². The topological polar surface area (TPSA) is 46.3 Å². The third kappa shape index (κ3) is 2.87. The smallest absolute Gasteiger partial charge is 0.225 e. The SMILES string of the molecule is Cc1ccc2oc([C@@H]3CCN(C(=O)C4CCCCC4)C3)nc2c1. The fourth-order valence-corrected chi connectivity index (χ4v) is 4.00. The zero-order valence-electron chi connectivity index (χ0n) is 13.8. The van der Waals surface area contributed by atoms with E-state index in [0.29, 0.717) is 5.91 Å². The van der Waals surface area contributed by atoms with Gasteiger partial charge in [0.05, 0.1) is 5.92 Å². The molecule has 23 heavy (non-hydrogen) atoms. The average Bonchev–Trinajstić information content (AvgIpc) is 3.21. The number of benzene rings is 1. The lowest BCUT2D eigenvalue weighted by molar-refractivity contribution is -0.135. The Balaban J connectivity index is 1.47. The highest BCUT2D eigenvalue weighted by Crippen LogP contribution is 2.32. The molecule has 1 aliphatic heterocycles. The molecule has 4 heteroatoms. The van der Waals surface area contributed by atoms with E-state index in [2.05, 4.69) is 18.0 Å². The van der Waals surface area contributed by atoms with Crippen molar-refractivity contribution in [1.29, 1.82) is 0 Å². The molecule has 1 saturated carbocycles. The highest BCUT2D eigenvalue weighted by atomic mass is 16.3. The van der Waals surface area contributed by atoms with Crippen LogP contribution in [-0.4, -0.2) is 28.9 Å². The Morgan fingerprint density at radius 1 is 1.22 bits per heavy atom. The summed E-state index contributed by atoms with van der Waals surface area (Å²) < 4.78 is 5.93. The maximum absolute atomic E-state index is 12.7. The molecular weight excluding hydrogens is 288 g/mol. The van der Waals surface area contributed by atoms with Crippen molar-refractivity contribution in [2.24, 2.45) is 5.92 Å². The summed E-state index contributed by atoms with van der Waals surface area (Å²) >= 11 is 0. The Morgan fingerprint density at radius 3 is 2.87 bits per heavy atom. The maximum atomic E-state index is 12.7. The molecule has 1 aromatic heterocycles. The normalized spacial score (nSPS) is 22.8. The van der Waals surface area contributed by atoms with Crippen molar-refractivity contribution in [3.8, 4) is 0 Å². The van der Waals surface area contributed by atoms with Gasteiger partial charge in [-0.2, -0.15) is 0 Å². The number of amides is 1. The molecule has 2 aromatic rings. The average molecular weight is 312 g/mol. The van der Waals surface area contributed by atoms with E-state index in [9.17, 15) is 4.79 Å². The van der Waals surface area contributed by atoms with E-state index in [-0.39, 0.29) is 11.8 Å². The number of nitrogens with zero attached hydrogens (tertiary/aromatic N) is 2. The van der Waals surface area contributed by atoms with Crippen molar-refractivity contribution in [3.63, 3.8) is 0 Å². The molecule has 1 saturated heterocycles. The van der Waals surface area contributed by atoms with Crippen molar-refractivity contribution in [1.82, 2.24) is 9.88 Å². The van der Waals surface area contributed by atoms with Crippen LogP contribution in [0.2, 0.25) is 0 Å². The summed E-state index contributed by atoms with van der Waals surface area (Å²) in [6.07, 6.45) is 6.81. The van der Waals surface area contributed by atoms with Crippen LogP contribution in [0.1, 0.15) is 55.9 Å². The first-order valence-corrected chi connectivity index (χ1v) is 8.86. The van der Waals surface area contributed by atoms with Crippen LogP contribution in [0.15, 0.2) is 22.6 Å². The number of carbonyl (C=O) groups is 1. The van der Waals surface area contributed by atoms with Crippen LogP contribution in [0.25, 0.3) is 11.1 Å². The van der Waals surface area contributed by atoms with E-state index in [1.54, 1.807) is 0 Å². The molecule has 1 atom stereocenters. The predicted molar refractivity (Wildman–Crippen MR) is 89.3 cm³/mol. The third-order valence-electron chi connectivity index (χ3n) is 5.36. The highest BCUT2D eigenvalue weighted by molar-refractivity contribution is 5.79. The van der Waals surface area contributed by atoms with E-state index in [1.165, 1.54) is 24.8 Å². The van der Waals surface area contributed by atoms with Gasteiger partial charge in [-0.25, -0.2) is 4.98 Å². The van der Waals surface area contributed by atoms with Crippen LogP contribution in [0, 0.1) is 12.8 Å². The quantitative estimate of drug-likeness (QED) is 0.841. The Bertz CT molecular complexity index is 715. The van der Waals surface area contributed by atoms with Gasteiger partial charge in [0, 0.05) is 19.0 Å². The van der Waals surface area contributed by atoms with Gasteiger partial charge in [0.1, 0.15) is 5.52 Å². The van der Waals surface area contributed by atoms with Gasteiger partial charge in [-0.3, -0.25) is 4.79 Å². The van der Waals surface area contributed by atoms with Crippen molar-refractivity contribution < 1.29 is 9.21 Å². The first-order valence-electron chi connectivity index (χ1n) is 8.86. The lowest BCUT2D eigenvalue weighted by Gasteiger charge is -2.26. The number of rotatable bonds is 2. The van der Waals surface area contributed by atoms with E-state index >= 15 is 0 Å². The minimum atomic E-state index is 0.246. The zero-order chi connectivity index (χ0) is 15.8. The molecule has 0 radical (unpaired) electrons. The standard InChI is InChI=1S/C19H24N2O2/c1-13-7-8-17-16(11-13)20-18(23-17)15-9-10-21(12-15)19(22)14-5-3-2-4-6-14/h7-8,11,14-15H,2-6,9-10,12H2,1H3/t15-/m1/s1. The number of carbonyl (C=O) groups excluding carboxylic acids is 1. The summed E-state index contributed by atoms with van der Waals surface area (Å²) in [5.74, 6) is 1.66. The van der Waals surface area contributed by atoms with Gasteiger partial charge in [-0.1, -0.05) is 25.3 Å². The summed E-state index contributed by atoms with van der Waals surface area (Å²) in [6, 6.07) is 6.09. The molecule has 1 aromatic carbocycles. The predicted octanol–water partition coefficient (Wildman–Crippen LogP) is 4.03. The second-order valence-electron chi connectivity index (χ2n) is 7.13. The monoisotopic (exact) mass is 312 g/mol. The molecule has 0 unspecified atom stereocenters. The molecule has 0 N–H and O–H groups in total. The van der Waals surface area contributed by atoms with Crippen LogP contribution in [-0.2, 0) is 4.79 Å². The minimum absolute atomic E-state index is 0.246. The lowest BCUT2D eigenvalue weighted by atomic mass is 9.88. The highest BCUT2D eigenvalue weighted by Gasteiger charge is 2.34. The van der Waals surface area contributed by atoms with Crippen molar-refractivity contribution in [2.75, 3.05) is 13.1 Å². The Morgan fingerprint density at radius 2 is 2.04 bits per heavy atom. The van der Waals surface area contributed by atoms with E-state index in [0.717, 1.165) is 49.3 Å². The molecular formula is C19H24N2O2. The molecule has 4 nitrogen and oxygen atoms in total. The van der Waals surface area contributed by atoms with Gasteiger partial charge in [-0.05, 0) is 43.9 Å². The number of fused-ring (bicyclic) bond motifs is 1. The van der Waals surface area contributed by atoms with Gasteiger partial charge in [0.2, 0.25) is 5.91 Å². The van der Waals surface area contributed by atoms with Gasteiger partial charge in [-0.15, -0.1) is 0 Å². The Labute approximate surface area is 136 Å². The van der Waals surface area contributed by atoms with E-state index in [1.807, 2.05) is 17.0 Å². The van der Waals surface area contributed by atoms with Crippen molar-refractivity contribution >= 4 is 17.0 Å². The molecule has 1 aliphatic carbocycles. The second kappa shape index (κ2) is 5.99. The molecule has 1 amide bonds. The number of oxazole rings is 1. The fourth-order valence-electron chi connectivity index (χ4n) is 4.00. The summed E-state index contributed by atoms with van der Waals surface area (Å²) in [5, 5.41) is 0. The summed E-state index contributed by atoms with van der Waals surface area (Å²) in [4.78, 5) is 19.4. The molecule has 122 valence electrons. The maximum Gasteiger partial charge on any atom is 0.225 e. The number of hydrogen-bond donors (Lipinski definition) is 0. The molecule has 4 rings (SSSR count). The van der Waals surface area contributed by atoms with Crippen LogP contribution < -0.4 is 0 Å². The van der Waals surface area contributed by atoms with Crippen molar-refractivity contribution in [3.05, 3.63) is 29.7 Å². The van der Waals surface area contributed by atoms with Gasteiger partial charge in [0.25, 0.3) is 0 Å². The van der Waals surface area contributed by atoms with Crippen LogP contribution in [0.4, 0.5) is 0 Å². The fraction of sp³-hybridized carbons (Fsp3) is 0.579. The first-order chi connectivity index (χ1) is 11.2. The summed E-state index contributed by atoms with van der Waals surface area (Å²) in [7, 11) is 0. The molecule has 0 bridgehead atoms. The third-order valence-corrected chi connectivity index (χ3v) is 5.36. The zero-order valence-corrected chi connectivity index (χ0v) is 13.8. The number of aromatic nitrogens is 1. The van der Waals surface area contributed by atoms with Crippen LogP contribution >= 0.6 is 0 Å². The molecule has 2 fully saturated rings. The number of aryl methyl sites for hydroxylation is 1. The van der Waals surface area contributed by atoms with Crippen molar-refractivity contribution in [2.45, 2.75) is 51.4 Å². The van der Waals surface area contributed by atoms with Gasteiger partial charge in [0.15, 0.2) is 11.5 Å². The number of likely N-dealkylation sites (tertiary alicyclic amines) is 1. The summed E-state index contributed by atoms with van der Waals surface area (Å²) in [5.41, 5.74) is 2.97. The summed E-state index contributed by atoms with van der Waals surface area (Å²) in [6.45, 7) is 3.67. The largest absolute Gasteiger partial charge is 0.440 e. The Hall–Kier alpha value is -1.84. The van der Waals surface area contributed by atoms with Gasteiger partial charge < -0.3 is 9.32 Å². The molecule has 2 heterocycles. The van der Waals surface area contributed by atoms with E-state index < -0.39 is 0 Å². The van der Waals surface area contributed by atoms with Crippen LogP contribution in [0.5, 0.6) is 0 Å². The number of hydrogen-bond acceptors (Lipinski definition) is 3.